The van der Waals surface area contributed by atoms with E-state index >= 15 is 0 Å². The number of imide groups is 1. The SMILES string of the molecule is COc1ccc(C(=O)Oc2ccc(/C=C3\SC(=O)N(Cc4ccc5ccccc5c4)C3=O)cc2)cc1. The van der Waals surface area contributed by atoms with Gasteiger partial charge in [-0.15, -0.1) is 0 Å². The number of methoxy groups -OCH3 is 1. The fourth-order valence-electron chi connectivity index (χ4n) is 3.83. The molecule has 2 amide bonds. The summed E-state index contributed by atoms with van der Waals surface area (Å²) in [4.78, 5) is 39.5. The van der Waals surface area contributed by atoms with Gasteiger partial charge in [-0.1, -0.05) is 48.5 Å². The zero-order valence-corrected chi connectivity index (χ0v) is 20.2. The monoisotopic (exact) mass is 495 g/mol. The molecular formula is C29H21NO5S. The Bertz CT molecular complexity index is 1490. The third kappa shape index (κ3) is 5.01. The molecule has 1 fully saturated rings. The normalized spacial score (nSPS) is 14.5. The molecule has 4 aromatic rings. The van der Waals surface area contributed by atoms with Crippen molar-refractivity contribution in [1.29, 1.82) is 0 Å². The molecule has 0 unspecified atom stereocenters. The van der Waals surface area contributed by atoms with Crippen LogP contribution in [0.3, 0.4) is 0 Å². The third-order valence-corrected chi connectivity index (χ3v) is 6.65. The number of ether oxygens (including phenoxy) is 2. The Hall–Kier alpha value is -4.36. The molecule has 6 nitrogen and oxygen atoms in total. The maximum Gasteiger partial charge on any atom is 0.343 e. The molecule has 0 atom stereocenters. The summed E-state index contributed by atoms with van der Waals surface area (Å²) in [6.07, 6.45) is 1.67. The number of carbonyl (C=O) groups is 3. The van der Waals surface area contributed by atoms with Crippen LogP contribution in [0.15, 0.2) is 95.9 Å². The second-order valence-electron chi connectivity index (χ2n) is 8.14. The van der Waals surface area contributed by atoms with E-state index < -0.39 is 5.97 Å². The quantitative estimate of drug-likeness (QED) is 0.177. The first-order valence-corrected chi connectivity index (χ1v) is 12.0. The molecule has 0 N–H and O–H groups in total. The molecular weight excluding hydrogens is 474 g/mol. The molecule has 4 aromatic carbocycles. The minimum atomic E-state index is -0.486. The zero-order valence-electron chi connectivity index (χ0n) is 19.3. The van der Waals surface area contributed by atoms with Crippen LogP contribution in [0.5, 0.6) is 11.5 Å². The Kier molecular flexibility index (Phi) is 6.56. The third-order valence-electron chi connectivity index (χ3n) is 5.74. The number of benzene rings is 4. The maximum absolute atomic E-state index is 12.9. The minimum absolute atomic E-state index is 0.215. The molecule has 0 aromatic heterocycles. The molecule has 1 heterocycles. The maximum atomic E-state index is 12.9. The summed E-state index contributed by atoms with van der Waals surface area (Å²) in [7, 11) is 1.56. The largest absolute Gasteiger partial charge is 0.497 e. The molecule has 1 aliphatic heterocycles. The highest BCUT2D eigenvalue weighted by atomic mass is 32.2. The van der Waals surface area contributed by atoms with E-state index in [1.165, 1.54) is 4.90 Å². The van der Waals surface area contributed by atoms with E-state index in [1.807, 2.05) is 42.5 Å². The van der Waals surface area contributed by atoms with Crippen molar-refractivity contribution in [2.75, 3.05) is 7.11 Å². The van der Waals surface area contributed by atoms with Crippen LogP contribution in [0.1, 0.15) is 21.5 Å². The Morgan fingerprint density at radius 2 is 1.56 bits per heavy atom. The summed E-state index contributed by atoms with van der Waals surface area (Å²) in [5, 5.41) is 1.86. The van der Waals surface area contributed by atoms with Crippen molar-refractivity contribution in [2.45, 2.75) is 6.54 Å². The number of rotatable bonds is 6. The molecule has 0 aliphatic carbocycles. The van der Waals surface area contributed by atoms with Gasteiger partial charge in [0.25, 0.3) is 11.1 Å². The molecule has 0 spiro atoms. The van der Waals surface area contributed by atoms with Crippen molar-refractivity contribution < 1.29 is 23.9 Å². The number of amides is 2. The Labute approximate surface area is 212 Å². The van der Waals surface area contributed by atoms with Crippen LogP contribution in [0.25, 0.3) is 16.8 Å². The first-order chi connectivity index (χ1) is 17.5. The predicted molar refractivity (Wildman–Crippen MR) is 140 cm³/mol. The summed E-state index contributed by atoms with van der Waals surface area (Å²) in [6, 6.07) is 27.3. The van der Waals surface area contributed by atoms with Gasteiger partial charge in [0, 0.05) is 0 Å². The first-order valence-electron chi connectivity index (χ1n) is 11.2. The van der Waals surface area contributed by atoms with E-state index in [-0.39, 0.29) is 17.7 Å². The first kappa shape index (κ1) is 23.4. The van der Waals surface area contributed by atoms with Gasteiger partial charge >= 0.3 is 5.97 Å². The Morgan fingerprint density at radius 3 is 2.28 bits per heavy atom. The van der Waals surface area contributed by atoms with Gasteiger partial charge in [-0.2, -0.15) is 0 Å². The average Bonchev–Trinajstić information content (AvgIpc) is 3.17. The van der Waals surface area contributed by atoms with Crippen LogP contribution in [0.2, 0.25) is 0 Å². The van der Waals surface area contributed by atoms with Crippen molar-refractivity contribution in [3.05, 3.63) is 113 Å². The van der Waals surface area contributed by atoms with Crippen molar-refractivity contribution in [1.82, 2.24) is 4.90 Å². The molecule has 0 saturated carbocycles. The second kappa shape index (κ2) is 10.1. The number of hydrogen-bond acceptors (Lipinski definition) is 6. The lowest BCUT2D eigenvalue weighted by atomic mass is 10.1. The van der Waals surface area contributed by atoms with Crippen LogP contribution in [-0.4, -0.2) is 29.1 Å². The predicted octanol–water partition coefficient (Wildman–Crippen LogP) is 6.30. The van der Waals surface area contributed by atoms with Crippen molar-refractivity contribution >= 4 is 45.7 Å². The van der Waals surface area contributed by atoms with Crippen molar-refractivity contribution in [2.24, 2.45) is 0 Å². The number of nitrogens with zero attached hydrogens (tertiary/aromatic N) is 1. The number of thioether (sulfide) groups is 1. The van der Waals surface area contributed by atoms with E-state index in [0.29, 0.717) is 22.0 Å². The van der Waals surface area contributed by atoms with E-state index in [0.717, 1.165) is 33.7 Å². The zero-order chi connectivity index (χ0) is 25.1. The molecule has 5 rings (SSSR count). The second-order valence-corrected chi connectivity index (χ2v) is 9.13. The van der Waals surface area contributed by atoms with Crippen molar-refractivity contribution in [3.8, 4) is 11.5 Å². The van der Waals surface area contributed by atoms with Crippen LogP contribution >= 0.6 is 11.8 Å². The van der Waals surface area contributed by atoms with Gasteiger partial charge < -0.3 is 9.47 Å². The van der Waals surface area contributed by atoms with Crippen molar-refractivity contribution in [3.63, 3.8) is 0 Å². The molecule has 1 saturated heterocycles. The van der Waals surface area contributed by atoms with Gasteiger partial charge in [-0.25, -0.2) is 4.79 Å². The van der Waals surface area contributed by atoms with Crippen LogP contribution in [0.4, 0.5) is 4.79 Å². The lowest BCUT2D eigenvalue weighted by molar-refractivity contribution is -0.123. The van der Waals surface area contributed by atoms with E-state index in [9.17, 15) is 14.4 Å². The molecule has 178 valence electrons. The highest BCUT2D eigenvalue weighted by Gasteiger charge is 2.35. The van der Waals surface area contributed by atoms with Gasteiger partial charge in [-0.05, 0) is 82.2 Å². The van der Waals surface area contributed by atoms with E-state index in [2.05, 4.69) is 0 Å². The van der Waals surface area contributed by atoms with E-state index in [4.69, 9.17) is 9.47 Å². The molecule has 0 radical (unpaired) electrons. The Morgan fingerprint density at radius 1 is 0.861 bits per heavy atom. The van der Waals surface area contributed by atoms with Gasteiger partial charge in [-0.3, -0.25) is 14.5 Å². The minimum Gasteiger partial charge on any atom is -0.497 e. The average molecular weight is 496 g/mol. The number of esters is 1. The molecule has 0 bridgehead atoms. The lowest BCUT2D eigenvalue weighted by Crippen LogP contribution is -2.27. The lowest BCUT2D eigenvalue weighted by Gasteiger charge is -2.13. The number of hydrogen-bond donors (Lipinski definition) is 0. The van der Waals surface area contributed by atoms with Gasteiger partial charge in [0.1, 0.15) is 11.5 Å². The van der Waals surface area contributed by atoms with Gasteiger partial charge in [0.15, 0.2) is 0 Å². The summed E-state index contributed by atoms with van der Waals surface area (Å²) in [6.45, 7) is 0.215. The molecule has 7 heteroatoms. The summed E-state index contributed by atoms with van der Waals surface area (Å²) in [5.74, 6) is 0.211. The highest BCUT2D eigenvalue weighted by molar-refractivity contribution is 8.18. The van der Waals surface area contributed by atoms with Crippen LogP contribution in [-0.2, 0) is 11.3 Å². The highest BCUT2D eigenvalue weighted by Crippen LogP contribution is 2.34. The van der Waals surface area contributed by atoms with Gasteiger partial charge in [0.05, 0.1) is 24.1 Å². The number of fused-ring (bicyclic) bond motifs is 1. The van der Waals surface area contributed by atoms with E-state index in [1.54, 1.807) is 61.7 Å². The standard InChI is InChI=1S/C29H21NO5S/c1-34-24-14-10-22(11-15-24)28(32)35-25-12-7-19(8-13-25)17-26-27(31)30(29(33)36-26)18-20-6-9-21-4-2-3-5-23(21)16-20/h2-17H,18H2,1H3/b26-17-. The van der Waals surface area contributed by atoms with Gasteiger partial charge in [0.2, 0.25) is 0 Å². The molecule has 36 heavy (non-hydrogen) atoms. The fourth-order valence-corrected chi connectivity index (χ4v) is 4.67. The summed E-state index contributed by atoms with van der Waals surface area (Å²) >= 11 is 0.918. The van der Waals surface area contributed by atoms with Crippen LogP contribution < -0.4 is 9.47 Å². The van der Waals surface area contributed by atoms with Crippen LogP contribution in [0, 0.1) is 0 Å². The Balaban J connectivity index is 1.25. The summed E-state index contributed by atoms with van der Waals surface area (Å²) < 4.78 is 10.5. The summed E-state index contributed by atoms with van der Waals surface area (Å²) in [5.41, 5.74) is 2.01. The number of carbonyl (C=O) groups excluding carboxylic acids is 3. The fraction of sp³-hybridized carbons (Fsp3) is 0.0690. The molecule has 1 aliphatic rings. The topological polar surface area (TPSA) is 72.9 Å². The smallest absolute Gasteiger partial charge is 0.343 e.